The molecule has 144 valence electrons. The number of nitrogens with one attached hydrogen (secondary N) is 1. The van der Waals surface area contributed by atoms with Crippen LogP contribution < -0.4 is 10.1 Å². The van der Waals surface area contributed by atoms with Gasteiger partial charge >= 0.3 is 0 Å². The zero-order valence-corrected chi connectivity index (χ0v) is 16.0. The van der Waals surface area contributed by atoms with E-state index in [1.54, 1.807) is 7.11 Å². The molecule has 0 bridgehead atoms. The number of rotatable bonds is 6. The summed E-state index contributed by atoms with van der Waals surface area (Å²) in [7, 11) is 1.65. The first-order valence-corrected chi connectivity index (χ1v) is 9.69. The molecule has 4 rings (SSSR count). The van der Waals surface area contributed by atoms with Gasteiger partial charge < -0.3 is 14.6 Å². The van der Waals surface area contributed by atoms with Crippen LogP contribution in [0.4, 0.5) is 5.69 Å². The average molecular weight is 376 g/mol. The number of ether oxygens (including phenoxy) is 1. The van der Waals surface area contributed by atoms with E-state index in [1.807, 2.05) is 48.5 Å². The summed E-state index contributed by atoms with van der Waals surface area (Å²) in [6, 6.07) is 15.6. The molecule has 2 aromatic carbocycles. The third kappa shape index (κ3) is 3.91. The van der Waals surface area contributed by atoms with Crippen LogP contribution in [-0.2, 0) is 24.2 Å². The third-order valence-electron chi connectivity index (χ3n) is 5.10. The van der Waals surface area contributed by atoms with Gasteiger partial charge in [-0.05, 0) is 55.2 Å². The van der Waals surface area contributed by atoms with Crippen LogP contribution in [0.5, 0.6) is 5.75 Å². The van der Waals surface area contributed by atoms with Crippen molar-refractivity contribution in [3.63, 3.8) is 0 Å². The van der Waals surface area contributed by atoms with E-state index in [2.05, 4.69) is 20.1 Å². The van der Waals surface area contributed by atoms with Crippen LogP contribution in [0, 0.1) is 0 Å². The summed E-state index contributed by atoms with van der Waals surface area (Å²) in [6.07, 6.45) is 4.38. The number of para-hydroxylation sites is 1. The molecule has 6 nitrogen and oxygen atoms in total. The number of amides is 1. The number of carbonyl (C=O) groups is 1. The Morgan fingerprint density at radius 2 is 1.93 bits per heavy atom. The Kier molecular flexibility index (Phi) is 5.37. The first-order chi connectivity index (χ1) is 13.7. The minimum absolute atomic E-state index is 0.0153. The molecule has 0 unspecified atom stereocenters. The summed E-state index contributed by atoms with van der Waals surface area (Å²) < 4.78 is 7.54. The van der Waals surface area contributed by atoms with Gasteiger partial charge in [0.05, 0.1) is 7.11 Å². The topological polar surface area (TPSA) is 69.0 Å². The van der Waals surface area contributed by atoms with Crippen LogP contribution in [0.25, 0.3) is 11.4 Å². The van der Waals surface area contributed by atoms with Crippen LogP contribution in [0.1, 0.15) is 30.7 Å². The minimum atomic E-state index is -0.0153. The fourth-order valence-corrected chi connectivity index (χ4v) is 3.61. The number of fused-ring (bicyclic) bond motifs is 1. The summed E-state index contributed by atoms with van der Waals surface area (Å²) in [5.41, 5.74) is 2.84. The maximum absolute atomic E-state index is 12.3. The average Bonchev–Trinajstić information content (AvgIpc) is 3.17. The molecule has 0 radical (unpaired) electrons. The van der Waals surface area contributed by atoms with Crippen LogP contribution in [0.2, 0.25) is 0 Å². The lowest BCUT2D eigenvalue weighted by atomic mass is 10.1. The summed E-state index contributed by atoms with van der Waals surface area (Å²) in [5.74, 6) is 2.77. The molecule has 2 heterocycles. The van der Waals surface area contributed by atoms with E-state index in [0.717, 1.165) is 47.2 Å². The molecule has 1 N–H and O–H groups in total. The monoisotopic (exact) mass is 376 g/mol. The molecule has 1 aliphatic rings. The number of anilines is 1. The van der Waals surface area contributed by atoms with Crippen molar-refractivity contribution in [3.8, 4) is 17.1 Å². The lowest BCUT2D eigenvalue weighted by molar-refractivity contribution is -0.116. The smallest absolute Gasteiger partial charge is 0.224 e. The largest absolute Gasteiger partial charge is 0.496 e. The predicted molar refractivity (Wildman–Crippen MR) is 108 cm³/mol. The number of nitrogens with zero attached hydrogens (tertiary/aromatic N) is 3. The molecule has 1 amide bonds. The van der Waals surface area contributed by atoms with Gasteiger partial charge in [-0.25, -0.2) is 0 Å². The molecule has 0 aliphatic carbocycles. The van der Waals surface area contributed by atoms with Gasteiger partial charge in [0.25, 0.3) is 0 Å². The Balaban J connectivity index is 1.38. The highest BCUT2D eigenvalue weighted by atomic mass is 16.5. The highest BCUT2D eigenvalue weighted by Crippen LogP contribution is 2.24. The SMILES string of the molecule is COc1ccccc1CCC(=O)Nc1ccc(-c2nnc3n2CCCC3)cc1. The molecule has 0 atom stereocenters. The second-order valence-electron chi connectivity index (χ2n) is 6.99. The molecule has 6 heteroatoms. The molecule has 0 saturated carbocycles. The summed E-state index contributed by atoms with van der Waals surface area (Å²) in [4.78, 5) is 12.3. The number of benzene rings is 2. The third-order valence-corrected chi connectivity index (χ3v) is 5.10. The van der Waals surface area contributed by atoms with Crippen molar-refractivity contribution in [3.05, 3.63) is 59.9 Å². The van der Waals surface area contributed by atoms with Gasteiger partial charge in [0.2, 0.25) is 5.91 Å². The maximum Gasteiger partial charge on any atom is 0.224 e. The van der Waals surface area contributed by atoms with Gasteiger partial charge in [0.1, 0.15) is 11.6 Å². The Labute approximate surface area is 164 Å². The number of aromatic nitrogens is 3. The highest BCUT2D eigenvalue weighted by Gasteiger charge is 2.16. The molecule has 3 aromatic rings. The van der Waals surface area contributed by atoms with E-state index in [-0.39, 0.29) is 5.91 Å². The van der Waals surface area contributed by atoms with Gasteiger partial charge in [-0.2, -0.15) is 0 Å². The van der Waals surface area contributed by atoms with E-state index in [1.165, 1.54) is 12.8 Å². The minimum Gasteiger partial charge on any atom is -0.496 e. The Morgan fingerprint density at radius 1 is 1.11 bits per heavy atom. The van der Waals surface area contributed by atoms with Crippen LogP contribution in [0.3, 0.4) is 0 Å². The van der Waals surface area contributed by atoms with Crippen molar-refractivity contribution in [2.75, 3.05) is 12.4 Å². The number of hydrogen-bond acceptors (Lipinski definition) is 4. The van der Waals surface area contributed by atoms with E-state index in [0.29, 0.717) is 12.8 Å². The van der Waals surface area contributed by atoms with Crippen LogP contribution in [0.15, 0.2) is 48.5 Å². The van der Waals surface area contributed by atoms with Crippen molar-refractivity contribution in [1.29, 1.82) is 0 Å². The number of methoxy groups -OCH3 is 1. The number of aryl methyl sites for hydroxylation is 2. The van der Waals surface area contributed by atoms with Gasteiger partial charge in [0.15, 0.2) is 5.82 Å². The van der Waals surface area contributed by atoms with Crippen molar-refractivity contribution in [1.82, 2.24) is 14.8 Å². The Morgan fingerprint density at radius 3 is 2.75 bits per heavy atom. The molecule has 28 heavy (non-hydrogen) atoms. The lowest BCUT2D eigenvalue weighted by Crippen LogP contribution is -2.13. The van der Waals surface area contributed by atoms with E-state index in [4.69, 9.17) is 4.74 Å². The molecular formula is C22H24N4O2. The number of hydrogen-bond donors (Lipinski definition) is 1. The maximum atomic E-state index is 12.3. The second-order valence-corrected chi connectivity index (χ2v) is 6.99. The zero-order valence-electron chi connectivity index (χ0n) is 16.0. The van der Waals surface area contributed by atoms with Crippen molar-refractivity contribution in [2.45, 2.75) is 38.6 Å². The molecule has 1 aromatic heterocycles. The van der Waals surface area contributed by atoms with Crippen molar-refractivity contribution in [2.24, 2.45) is 0 Å². The molecule has 0 fully saturated rings. The van der Waals surface area contributed by atoms with Gasteiger partial charge in [-0.15, -0.1) is 10.2 Å². The van der Waals surface area contributed by atoms with Gasteiger partial charge in [-0.1, -0.05) is 18.2 Å². The van der Waals surface area contributed by atoms with E-state index in [9.17, 15) is 4.79 Å². The summed E-state index contributed by atoms with van der Waals surface area (Å²) in [6.45, 7) is 0.971. The quantitative estimate of drug-likeness (QED) is 0.709. The molecular weight excluding hydrogens is 352 g/mol. The molecule has 0 spiro atoms. The fraction of sp³-hybridized carbons (Fsp3) is 0.318. The van der Waals surface area contributed by atoms with E-state index < -0.39 is 0 Å². The van der Waals surface area contributed by atoms with Gasteiger partial charge in [0, 0.05) is 30.6 Å². The first-order valence-electron chi connectivity index (χ1n) is 9.69. The normalized spacial score (nSPS) is 13.0. The van der Waals surface area contributed by atoms with E-state index >= 15 is 0 Å². The molecule has 1 aliphatic heterocycles. The first kappa shape index (κ1) is 18.2. The van der Waals surface area contributed by atoms with Crippen LogP contribution >= 0.6 is 0 Å². The zero-order chi connectivity index (χ0) is 19.3. The standard InChI is InChI=1S/C22H24N4O2/c1-28-19-7-3-2-6-16(19)11-14-21(27)23-18-12-9-17(10-13-18)22-25-24-20-8-4-5-15-26(20)22/h2-3,6-7,9-10,12-13H,4-5,8,11,14-15H2,1H3,(H,23,27). The fourth-order valence-electron chi connectivity index (χ4n) is 3.61. The second kappa shape index (κ2) is 8.25. The van der Waals surface area contributed by atoms with Gasteiger partial charge in [-0.3, -0.25) is 4.79 Å². The predicted octanol–water partition coefficient (Wildman–Crippen LogP) is 3.86. The Bertz CT molecular complexity index is 963. The number of carbonyl (C=O) groups excluding carboxylic acids is 1. The molecule has 0 saturated heterocycles. The van der Waals surface area contributed by atoms with Crippen molar-refractivity contribution < 1.29 is 9.53 Å². The lowest BCUT2D eigenvalue weighted by Gasteiger charge is -2.14. The summed E-state index contributed by atoms with van der Waals surface area (Å²) >= 11 is 0. The van der Waals surface area contributed by atoms with Crippen molar-refractivity contribution >= 4 is 11.6 Å². The highest BCUT2D eigenvalue weighted by molar-refractivity contribution is 5.91. The van der Waals surface area contributed by atoms with Crippen LogP contribution in [-0.4, -0.2) is 27.8 Å². The summed E-state index contributed by atoms with van der Waals surface area (Å²) in [5, 5.41) is 11.6. The Hall–Kier alpha value is -3.15.